The van der Waals surface area contributed by atoms with Gasteiger partial charge in [0.05, 0.1) is 12.2 Å². The Labute approximate surface area is 159 Å². The second-order valence-electron chi connectivity index (χ2n) is 5.29. The van der Waals surface area contributed by atoms with Crippen LogP contribution in [0.1, 0.15) is 16.1 Å². The summed E-state index contributed by atoms with van der Waals surface area (Å²) in [5.41, 5.74) is 4.68. The van der Waals surface area contributed by atoms with Crippen molar-refractivity contribution in [1.29, 1.82) is 0 Å². The Morgan fingerprint density at radius 2 is 1.72 bits per heavy atom. The lowest BCUT2D eigenvalue weighted by Crippen LogP contribution is -2.32. The number of rotatable bonds is 4. The number of hydrogen-bond donors (Lipinski definition) is 2. The molecule has 1 aromatic heterocycles. The van der Waals surface area contributed by atoms with Crippen LogP contribution in [0.5, 0.6) is 0 Å². The van der Waals surface area contributed by atoms with Crippen molar-refractivity contribution in [2.45, 2.75) is 6.54 Å². The third-order valence-corrected chi connectivity index (χ3v) is 4.46. The summed E-state index contributed by atoms with van der Waals surface area (Å²) in [5.74, 6) is 4.84. The lowest BCUT2D eigenvalue weighted by Gasteiger charge is -2.08. The van der Waals surface area contributed by atoms with Gasteiger partial charge < -0.3 is 0 Å². The van der Waals surface area contributed by atoms with E-state index in [2.05, 4.69) is 10.5 Å². The Hall–Kier alpha value is -2.05. The summed E-state index contributed by atoms with van der Waals surface area (Å²) in [6.45, 7) is 0.298. The van der Waals surface area contributed by atoms with Crippen LogP contribution in [-0.4, -0.2) is 15.7 Å². The number of carbonyl (C=O) groups excluding carboxylic acids is 1. The van der Waals surface area contributed by atoms with Crippen LogP contribution in [0.15, 0.2) is 48.5 Å². The molecule has 3 rings (SSSR count). The zero-order valence-corrected chi connectivity index (χ0v) is 15.1. The summed E-state index contributed by atoms with van der Waals surface area (Å²) in [6.07, 6.45) is 0. The highest BCUT2D eigenvalue weighted by Gasteiger charge is 2.16. The number of nitrogen functional groups attached to an aromatic ring is 1. The molecule has 1 heterocycles. The van der Waals surface area contributed by atoms with Crippen molar-refractivity contribution in [2.24, 2.45) is 5.84 Å². The fraction of sp³-hybridized carbons (Fsp3) is 0.0588. The molecule has 3 aromatic rings. The first-order chi connectivity index (χ1) is 12.0. The predicted octanol–water partition coefficient (Wildman–Crippen LogP) is 4.16. The number of amides is 1. The fourth-order valence-corrected chi connectivity index (χ4v) is 2.96. The summed E-state index contributed by atoms with van der Waals surface area (Å²) >= 11 is 18.1. The lowest BCUT2D eigenvalue weighted by atomic mass is 10.1. The van der Waals surface area contributed by atoms with Crippen LogP contribution in [0.25, 0.3) is 11.3 Å². The largest absolute Gasteiger partial charge is 0.289 e. The fourth-order valence-electron chi connectivity index (χ4n) is 2.37. The van der Waals surface area contributed by atoms with Crippen LogP contribution < -0.4 is 11.3 Å². The zero-order chi connectivity index (χ0) is 18.0. The number of nitrogens with one attached hydrogen (secondary N) is 1. The minimum absolute atomic E-state index is 0.298. The van der Waals surface area contributed by atoms with E-state index in [0.29, 0.717) is 33.0 Å². The number of nitrogens with zero attached hydrogens (tertiary/aromatic N) is 2. The average molecular weight is 396 g/mol. The second kappa shape index (κ2) is 7.45. The molecule has 1 amide bonds. The van der Waals surface area contributed by atoms with Gasteiger partial charge in [-0.15, -0.1) is 0 Å². The first-order valence-electron chi connectivity index (χ1n) is 7.26. The van der Waals surface area contributed by atoms with Crippen LogP contribution in [0, 0.1) is 0 Å². The zero-order valence-electron chi connectivity index (χ0n) is 12.8. The van der Waals surface area contributed by atoms with Crippen molar-refractivity contribution in [3.63, 3.8) is 0 Å². The van der Waals surface area contributed by atoms with Crippen molar-refractivity contribution >= 4 is 40.7 Å². The molecule has 0 unspecified atom stereocenters. The van der Waals surface area contributed by atoms with Gasteiger partial charge in [-0.1, -0.05) is 53.0 Å². The minimum atomic E-state index is -0.446. The van der Waals surface area contributed by atoms with E-state index in [9.17, 15) is 4.79 Å². The summed E-state index contributed by atoms with van der Waals surface area (Å²) in [4.78, 5) is 12.1. The summed E-state index contributed by atoms with van der Waals surface area (Å²) < 4.78 is 1.54. The summed E-state index contributed by atoms with van der Waals surface area (Å²) in [6, 6.07) is 14.0. The number of benzene rings is 2. The first kappa shape index (κ1) is 17.8. The Morgan fingerprint density at radius 1 is 1.04 bits per heavy atom. The van der Waals surface area contributed by atoms with Crippen LogP contribution in [-0.2, 0) is 6.54 Å². The Kier molecular flexibility index (Phi) is 5.30. The third-order valence-electron chi connectivity index (χ3n) is 3.62. The number of nitrogens with two attached hydrogens (primary N) is 1. The summed E-state index contributed by atoms with van der Waals surface area (Å²) in [7, 11) is 0. The molecular weight excluding hydrogens is 383 g/mol. The maximum Gasteiger partial charge on any atom is 0.283 e. The SMILES string of the molecule is NNC(=O)c1cc(-c2ccc(Cl)cc2)nn1Cc1ccc(Cl)cc1Cl. The molecule has 0 aliphatic rings. The second-order valence-corrected chi connectivity index (χ2v) is 6.57. The van der Waals surface area contributed by atoms with Gasteiger partial charge in [0.15, 0.2) is 0 Å². The number of hydrogen-bond acceptors (Lipinski definition) is 3. The average Bonchev–Trinajstić information content (AvgIpc) is 3.01. The topological polar surface area (TPSA) is 72.9 Å². The van der Waals surface area contributed by atoms with Crippen molar-refractivity contribution < 1.29 is 4.79 Å². The van der Waals surface area contributed by atoms with Crippen LogP contribution in [0.2, 0.25) is 15.1 Å². The maximum absolute atomic E-state index is 12.1. The van der Waals surface area contributed by atoms with E-state index in [0.717, 1.165) is 11.1 Å². The molecule has 2 aromatic carbocycles. The Morgan fingerprint density at radius 3 is 2.36 bits per heavy atom. The highest BCUT2D eigenvalue weighted by atomic mass is 35.5. The molecule has 3 N–H and O–H groups in total. The molecule has 8 heteroatoms. The van der Waals surface area contributed by atoms with Gasteiger partial charge in [-0.05, 0) is 35.9 Å². The smallest absolute Gasteiger partial charge is 0.283 e. The molecule has 0 saturated heterocycles. The Balaban J connectivity index is 2.02. The van der Waals surface area contributed by atoms with Gasteiger partial charge in [0.25, 0.3) is 5.91 Å². The minimum Gasteiger partial charge on any atom is -0.289 e. The van der Waals surface area contributed by atoms with Crippen molar-refractivity contribution in [3.05, 3.63) is 74.9 Å². The highest BCUT2D eigenvalue weighted by Crippen LogP contribution is 2.25. The van der Waals surface area contributed by atoms with E-state index in [4.69, 9.17) is 40.6 Å². The first-order valence-corrected chi connectivity index (χ1v) is 8.40. The molecule has 128 valence electrons. The lowest BCUT2D eigenvalue weighted by molar-refractivity contribution is 0.0943. The third kappa shape index (κ3) is 3.96. The molecule has 5 nitrogen and oxygen atoms in total. The number of aromatic nitrogens is 2. The van der Waals surface area contributed by atoms with E-state index in [1.54, 1.807) is 41.1 Å². The van der Waals surface area contributed by atoms with Crippen molar-refractivity contribution in [1.82, 2.24) is 15.2 Å². The van der Waals surface area contributed by atoms with Gasteiger partial charge >= 0.3 is 0 Å². The highest BCUT2D eigenvalue weighted by molar-refractivity contribution is 6.35. The molecule has 0 fully saturated rings. The standard InChI is InChI=1S/C17H13Cl3N4O/c18-12-4-1-10(2-5-12)15-8-16(17(25)22-21)24(23-15)9-11-3-6-13(19)7-14(11)20/h1-8H,9,21H2,(H,22,25). The molecule has 0 aliphatic heterocycles. The van der Waals surface area contributed by atoms with Gasteiger partial charge in [0, 0.05) is 20.6 Å². The van der Waals surface area contributed by atoms with Gasteiger partial charge in [-0.25, -0.2) is 5.84 Å². The molecular formula is C17H13Cl3N4O. The van der Waals surface area contributed by atoms with Crippen LogP contribution >= 0.6 is 34.8 Å². The molecule has 0 atom stereocenters. The number of halogens is 3. The molecule has 0 spiro atoms. The summed E-state index contributed by atoms with van der Waals surface area (Å²) in [5, 5.41) is 6.16. The van der Waals surface area contributed by atoms with Crippen LogP contribution in [0.3, 0.4) is 0 Å². The van der Waals surface area contributed by atoms with E-state index < -0.39 is 5.91 Å². The molecule has 0 bridgehead atoms. The van der Waals surface area contributed by atoms with Gasteiger partial charge in [0.2, 0.25) is 0 Å². The van der Waals surface area contributed by atoms with Gasteiger partial charge in [-0.2, -0.15) is 5.10 Å². The Bertz CT molecular complexity index is 922. The van der Waals surface area contributed by atoms with Crippen molar-refractivity contribution in [2.75, 3.05) is 0 Å². The van der Waals surface area contributed by atoms with E-state index in [-0.39, 0.29) is 0 Å². The van der Waals surface area contributed by atoms with E-state index in [1.165, 1.54) is 0 Å². The van der Waals surface area contributed by atoms with Gasteiger partial charge in [0.1, 0.15) is 5.69 Å². The normalized spacial score (nSPS) is 10.7. The van der Waals surface area contributed by atoms with E-state index in [1.807, 2.05) is 12.1 Å². The molecule has 0 saturated carbocycles. The molecule has 0 aliphatic carbocycles. The number of carbonyl (C=O) groups is 1. The number of hydrazine groups is 1. The molecule has 0 radical (unpaired) electrons. The quantitative estimate of drug-likeness (QED) is 0.396. The van der Waals surface area contributed by atoms with Crippen LogP contribution in [0.4, 0.5) is 0 Å². The van der Waals surface area contributed by atoms with Crippen molar-refractivity contribution in [3.8, 4) is 11.3 Å². The molecule has 25 heavy (non-hydrogen) atoms. The maximum atomic E-state index is 12.1. The van der Waals surface area contributed by atoms with Gasteiger partial charge in [-0.3, -0.25) is 14.9 Å². The predicted molar refractivity (Wildman–Crippen MR) is 99.9 cm³/mol. The monoisotopic (exact) mass is 394 g/mol. The van der Waals surface area contributed by atoms with E-state index >= 15 is 0 Å².